The number of hydrogen-bond acceptors (Lipinski definition) is 4. The highest BCUT2D eigenvalue weighted by atomic mass is 19.1. The molecule has 2 aromatic rings. The molecule has 2 bridgehead atoms. The minimum atomic E-state index is -0.618. The van der Waals surface area contributed by atoms with E-state index in [4.69, 9.17) is 4.42 Å². The summed E-state index contributed by atoms with van der Waals surface area (Å²) >= 11 is 0. The third kappa shape index (κ3) is 2.16. The summed E-state index contributed by atoms with van der Waals surface area (Å²) in [6, 6.07) is 1.53. The maximum Gasteiger partial charge on any atom is 0.273 e. The lowest BCUT2D eigenvalue weighted by atomic mass is 9.72. The van der Waals surface area contributed by atoms with Crippen LogP contribution in [0.15, 0.2) is 22.9 Å². The first-order chi connectivity index (χ1) is 11.0. The summed E-state index contributed by atoms with van der Waals surface area (Å²) < 4.78 is 19.6. The Hall–Kier alpha value is -1.95. The number of amides is 1. The van der Waals surface area contributed by atoms with Crippen molar-refractivity contribution >= 4 is 16.9 Å². The van der Waals surface area contributed by atoms with Gasteiger partial charge in [0.25, 0.3) is 5.91 Å². The molecule has 1 amide bonds. The van der Waals surface area contributed by atoms with Gasteiger partial charge in [0.15, 0.2) is 17.1 Å². The lowest BCUT2D eigenvalue weighted by Gasteiger charge is -2.56. The molecule has 0 aromatic carbocycles. The fourth-order valence-electron chi connectivity index (χ4n) is 4.15. The summed E-state index contributed by atoms with van der Waals surface area (Å²) in [5, 5.41) is 3.33. The third-order valence-corrected chi connectivity index (χ3v) is 5.54. The summed E-state index contributed by atoms with van der Waals surface area (Å²) in [6.07, 6.45) is 4.94. The molecule has 122 valence electrons. The van der Waals surface area contributed by atoms with E-state index < -0.39 is 11.7 Å². The predicted octanol–water partition coefficient (Wildman–Crippen LogP) is 2.57. The lowest BCUT2D eigenvalue weighted by molar-refractivity contribution is -0.0379. The smallest absolute Gasteiger partial charge is 0.273 e. The first kappa shape index (κ1) is 14.6. The number of hydrogen-bond donors (Lipinski definition) is 1. The van der Waals surface area contributed by atoms with Crippen LogP contribution in [0.25, 0.3) is 11.0 Å². The van der Waals surface area contributed by atoms with Crippen molar-refractivity contribution in [2.24, 2.45) is 5.92 Å². The average molecular weight is 317 g/mol. The molecule has 0 saturated carbocycles. The Morgan fingerprint density at radius 3 is 2.87 bits per heavy atom. The van der Waals surface area contributed by atoms with Crippen molar-refractivity contribution in [3.05, 3.63) is 30.0 Å². The van der Waals surface area contributed by atoms with Crippen molar-refractivity contribution in [3.8, 4) is 0 Å². The van der Waals surface area contributed by atoms with Crippen molar-refractivity contribution < 1.29 is 13.6 Å². The van der Waals surface area contributed by atoms with Gasteiger partial charge in [-0.1, -0.05) is 0 Å². The van der Waals surface area contributed by atoms with Crippen LogP contribution in [-0.2, 0) is 0 Å². The van der Waals surface area contributed by atoms with E-state index in [1.165, 1.54) is 18.5 Å². The fraction of sp³-hybridized carbons (Fsp3) is 0.529. The first-order valence-corrected chi connectivity index (χ1v) is 8.06. The second kappa shape index (κ2) is 5.03. The molecule has 1 atom stereocenters. The second-order valence-corrected chi connectivity index (χ2v) is 7.05. The van der Waals surface area contributed by atoms with Crippen molar-refractivity contribution in [2.45, 2.75) is 38.3 Å². The zero-order chi connectivity index (χ0) is 16.2. The maximum atomic E-state index is 14.5. The minimum absolute atomic E-state index is 0.0127. The van der Waals surface area contributed by atoms with Crippen molar-refractivity contribution in [2.75, 3.05) is 13.1 Å². The molecule has 3 aliphatic heterocycles. The van der Waals surface area contributed by atoms with Gasteiger partial charge in [-0.2, -0.15) is 0 Å². The number of fused-ring (bicyclic) bond motifs is 4. The number of nitrogens with zero attached hydrogens (tertiary/aromatic N) is 2. The van der Waals surface area contributed by atoms with E-state index >= 15 is 0 Å². The van der Waals surface area contributed by atoms with Crippen LogP contribution in [0.4, 0.5) is 4.39 Å². The molecule has 23 heavy (non-hydrogen) atoms. The van der Waals surface area contributed by atoms with Crippen LogP contribution in [0.5, 0.6) is 0 Å². The molecule has 5 rings (SSSR count). The van der Waals surface area contributed by atoms with Gasteiger partial charge >= 0.3 is 0 Å². The second-order valence-electron chi connectivity index (χ2n) is 7.05. The Morgan fingerprint density at radius 2 is 2.17 bits per heavy atom. The number of carbonyl (C=O) groups is 1. The molecular formula is C17H20FN3O2. The van der Waals surface area contributed by atoms with Gasteiger partial charge in [-0.05, 0) is 51.8 Å². The van der Waals surface area contributed by atoms with Crippen LogP contribution in [0.1, 0.15) is 37.2 Å². The number of pyridine rings is 1. The van der Waals surface area contributed by atoms with E-state index in [-0.39, 0.29) is 17.3 Å². The topological polar surface area (TPSA) is 58.4 Å². The highest BCUT2D eigenvalue weighted by molar-refractivity contribution is 5.96. The zero-order valence-corrected chi connectivity index (χ0v) is 13.3. The largest absolute Gasteiger partial charge is 0.463 e. The fourth-order valence-corrected chi connectivity index (χ4v) is 4.15. The van der Waals surface area contributed by atoms with E-state index in [2.05, 4.69) is 29.0 Å². The molecule has 3 fully saturated rings. The van der Waals surface area contributed by atoms with E-state index in [0.29, 0.717) is 16.9 Å². The van der Waals surface area contributed by atoms with E-state index in [9.17, 15) is 9.18 Å². The molecule has 3 aliphatic rings. The zero-order valence-electron chi connectivity index (χ0n) is 13.3. The van der Waals surface area contributed by atoms with Crippen molar-refractivity contribution in [1.29, 1.82) is 0 Å². The standard InChI is InChI=1S/C17H20FN3O2/c1-17(2)15(10-3-6-21(17)7-4-10)20-16(22)14-13(18)11-5-8-23-12(11)9-19-14/h5,8-10,15H,3-4,6-7H2,1-2H3,(H,20,22)/t15-/m0/s1. The summed E-state index contributed by atoms with van der Waals surface area (Å²) in [5.41, 5.74) is 0.0703. The average Bonchev–Trinajstić information content (AvgIpc) is 3.01. The van der Waals surface area contributed by atoms with Gasteiger partial charge in [0.1, 0.15) is 0 Å². The Balaban J connectivity index is 1.63. The number of rotatable bonds is 2. The van der Waals surface area contributed by atoms with Crippen LogP contribution in [0, 0.1) is 11.7 Å². The van der Waals surface area contributed by atoms with Crippen LogP contribution in [0.3, 0.4) is 0 Å². The number of piperidine rings is 3. The maximum absolute atomic E-state index is 14.5. The van der Waals surface area contributed by atoms with Gasteiger partial charge in [-0.3, -0.25) is 9.69 Å². The summed E-state index contributed by atoms with van der Waals surface area (Å²) in [6.45, 7) is 6.42. The minimum Gasteiger partial charge on any atom is -0.463 e. The lowest BCUT2D eigenvalue weighted by Crippen LogP contribution is -2.69. The highest BCUT2D eigenvalue weighted by Gasteiger charge is 2.48. The molecule has 5 nitrogen and oxygen atoms in total. The normalized spacial score (nSPS) is 28.9. The number of carbonyl (C=O) groups excluding carboxylic acids is 1. The molecule has 5 heterocycles. The number of aromatic nitrogens is 1. The van der Waals surface area contributed by atoms with Gasteiger partial charge in [-0.25, -0.2) is 9.37 Å². The molecule has 0 radical (unpaired) electrons. The summed E-state index contributed by atoms with van der Waals surface area (Å²) in [4.78, 5) is 19.0. The van der Waals surface area contributed by atoms with Crippen LogP contribution in [-0.4, -0.2) is 40.5 Å². The number of nitrogens with one attached hydrogen (secondary N) is 1. The van der Waals surface area contributed by atoms with Gasteiger partial charge in [-0.15, -0.1) is 0 Å². The van der Waals surface area contributed by atoms with E-state index in [1.807, 2.05) is 0 Å². The summed E-state index contributed by atoms with van der Waals surface area (Å²) in [5.74, 6) is -0.620. The number of furan rings is 1. The SMILES string of the molecule is CC1(C)[C@@H](NC(=O)c2ncc3occc3c2F)C2CCN1CC2. The summed E-state index contributed by atoms with van der Waals surface area (Å²) in [7, 11) is 0. The quantitative estimate of drug-likeness (QED) is 0.925. The molecule has 0 unspecified atom stereocenters. The third-order valence-electron chi connectivity index (χ3n) is 5.54. The van der Waals surface area contributed by atoms with Crippen molar-refractivity contribution in [3.63, 3.8) is 0 Å². The predicted molar refractivity (Wildman–Crippen MR) is 83.6 cm³/mol. The van der Waals surface area contributed by atoms with Gasteiger partial charge in [0.05, 0.1) is 17.8 Å². The Labute approximate surface area is 133 Å². The first-order valence-electron chi connectivity index (χ1n) is 8.06. The van der Waals surface area contributed by atoms with E-state index in [1.54, 1.807) is 0 Å². The molecule has 1 N–H and O–H groups in total. The Morgan fingerprint density at radius 1 is 1.43 bits per heavy atom. The molecule has 0 spiro atoms. The molecule has 6 heteroatoms. The van der Waals surface area contributed by atoms with Gasteiger partial charge in [0.2, 0.25) is 0 Å². The van der Waals surface area contributed by atoms with Crippen LogP contribution >= 0.6 is 0 Å². The highest BCUT2D eigenvalue weighted by Crippen LogP contribution is 2.39. The molecule has 0 aliphatic carbocycles. The molecule has 2 aromatic heterocycles. The Bertz CT molecular complexity index is 762. The van der Waals surface area contributed by atoms with Gasteiger partial charge in [0, 0.05) is 11.6 Å². The van der Waals surface area contributed by atoms with Gasteiger partial charge < -0.3 is 9.73 Å². The molecular weight excluding hydrogens is 297 g/mol. The van der Waals surface area contributed by atoms with Crippen molar-refractivity contribution in [1.82, 2.24) is 15.2 Å². The Kier molecular flexibility index (Phi) is 3.20. The van der Waals surface area contributed by atoms with Crippen LogP contribution in [0.2, 0.25) is 0 Å². The molecule has 3 saturated heterocycles. The van der Waals surface area contributed by atoms with Crippen LogP contribution < -0.4 is 5.32 Å². The monoisotopic (exact) mass is 317 g/mol. The number of halogens is 1. The van der Waals surface area contributed by atoms with E-state index in [0.717, 1.165) is 25.9 Å².